The van der Waals surface area contributed by atoms with Crippen LogP contribution >= 0.6 is 11.6 Å². The van der Waals surface area contributed by atoms with Crippen LogP contribution in [0.1, 0.15) is 16.2 Å². The largest absolute Gasteiger partial charge is 0.506 e. The quantitative estimate of drug-likeness (QED) is 0.737. The van der Waals surface area contributed by atoms with Crippen molar-refractivity contribution in [2.75, 3.05) is 6.54 Å². The van der Waals surface area contributed by atoms with Crippen LogP contribution in [0.2, 0.25) is 5.02 Å². The zero-order valence-electron chi connectivity index (χ0n) is 12.4. The highest BCUT2D eigenvalue weighted by Gasteiger charge is 2.11. The molecule has 0 aliphatic carbocycles. The molecule has 3 rings (SSSR count). The monoisotopic (exact) mass is 344 g/mol. The molecule has 8 heteroatoms. The van der Waals surface area contributed by atoms with Gasteiger partial charge in [0.2, 0.25) is 11.7 Å². The maximum absolute atomic E-state index is 12.0. The molecular weight excluding hydrogens is 332 g/mol. The number of phenolic OH excluding ortho intramolecular Hbond substituents is 1. The lowest BCUT2D eigenvalue weighted by molar-refractivity contribution is 0.0953. The molecule has 0 fully saturated rings. The van der Waals surface area contributed by atoms with E-state index in [4.69, 9.17) is 16.1 Å². The van der Waals surface area contributed by atoms with Crippen molar-refractivity contribution in [3.63, 3.8) is 0 Å². The van der Waals surface area contributed by atoms with Crippen LogP contribution in [-0.2, 0) is 6.42 Å². The number of aromatic nitrogens is 3. The lowest BCUT2D eigenvalue weighted by Crippen LogP contribution is -2.25. The van der Waals surface area contributed by atoms with E-state index in [2.05, 4.69) is 20.4 Å². The number of nitrogens with one attached hydrogen (secondary N) is 1. The molecule has 7 nitrogen and oxygen atoms in total. The number of carbonyl (C=O) groups excluding carboxylic acids is 1. The summed E-state index contributed by atoms with van der Waals surface area (Å²) in [5, 5.41) is 16.1. The van der Waals surface area contributed by atoms with Gasteiger partial charge in [0.1, 0.15) is 11.4 Å². The van der Waals surface area contributed by atoms with Crippen molar-refractivity contribution < 1.29 is 14.4 Å². The first-order valence-electron chi connectivity index (χ1n) is 7.14. The Morgan fingerprint density at radius 1 is 1.29 bits per heavy atom. The van der Waals surface area contributed by atoms with Gasteiger partial charge >= 0.3 is 0 Å². The first kappa shape index (κ1) is 15.9. The smallest absolute Gasteiger partial charge is 0.251 e. The van der Waals surface area contributed by atoms with Crippen LogP contribution < -0.4 is 5.32 Å². The zero-order valence-corrected chi connectivity index (χ0v) is 13.2. The van der Waals surface area contributed by atoms with Gasteiger partial charge in [-0.25, -0.2) is 0 Å². The minimum Gasteiger partial charge on any atom is -0.506 e. The number of rotatable bonds is 5. The molecular formula is C16H13ClN4O3. The maximum atomic E-state index is 12.0. The van der Waals surface area contributed by atoms with Crippen molar-refractivity contribution in [1.82, 2.24) is 20.4 Å². The molecule has 2 heterocycles. The van der Waals surface area contributed by atoms with Crippen LogP contribution in [-0.4, -0.2) is 32.7 Å². The second-order valence-corrected chi connectivity index (χ2v) is 5.31. The molecule has 0 radical (unpaired) electrons. The number of carbonyl (C=O) groups is 1. The normalized spacial score (nSPS) is 10.5. The minimum absolute atomic E-state index is 0.0684. The fourth-order valence-electron chi connectivity index (χ4n) is 1.99. The van der Waals surface area contributed by atoms with Gasteiger partial charge < -0.3 is 14.9 Å². The van der Waals surface area contributed by atoms with E-state index in [1.54, 1.807) is 18.3 Å². The molecule has 0 aliphatic rings. The Balaban J connectivity index is 1.56. The van der Waals surface area contributed by atoms with Crippen LogP contribution in [0.15, 0.2) is 47.1 Å². The van der Waals surface area contributed by atoms with Gasteiger partial charge in [0, 0.05) is 24.7 Å². The highest BCUT2D eigenvalue weighted by molar-refractivity contribution is 6.32. The van der Waals surface area contributed by atoms with Crippen LogP contribution in [0.4, 0.5) is 0 Å². The van der Waals surface area contributed by atoms with Crippen LogP contribution in [0.3, 0.4) is 0 Å². The summed E-state index contributed by atoms with van der Waals surface area (Å²) in [5.74, 6) is 0.435. The molecule has 2 N–H and O–H groups in total. The molecule has 2 aromatic heterocycles. The molecule has 0 saturated carbocycles. The van der Waals surface area contributed by atoms with E-state index < -0.39 is 0 Å². The second-order valence-electron chi connectivity index (χ2n) is 4.90. The van der Waals surface area contributed by atoms with Gasteiger partial charge in [0.25, 0.3) is 5.91 Å². The molecule has 1 aromatic carbocycles. The highest BCUT2D eigenvalue weighted by atomic mass is 35.5. The number of amides is 1. The Morgan fingerprint density at radius 2 is 2.17 bits per heavy atom. The average Bonchev–Trinajstić information content (AvgIpc) is 3.07. The van der Waals surface area contributed by atoms with Crippen LogP contribution in [0.25, 0.3) is 11.5 Å². The van der Waals surface area contributed by atoms with Gasteiger partial charge in [0.05, 0.1) is 5.02 Å². The SMILES string of the molecule is O=C(NCCc1nc(-c2ccccn2)no1)c1ccc(O)c(Cl)c1. The van der Waals surface area contributed by atoms with E-state index in [9.17, 15) is 9.90 Å². The summed E-state index contributed by atoms with van der Waals surface area (Å²) >= 11 is 5.78. The predicted molar refractivity (Wildman–Crippen MR) is 86.7 cm³/mol. The molecule has 0 spiro atoms. The van der Waals surface area contributed by atoms with E-state index in [0.717, 1.165) is 0 Å². The van der Waals surface area contributed by atoms with Crippen molar-refractivity contribution >= 4 is 17.5 Å². The number of pyridine rings is 1. The number of phenols is 1. The van der Waals surface area contributed by atoms with Gasteiger partial charge in [-0.3, -0.25) is 9.78 Å². The number of nitrogens with zero attached hydrogens (tertiary/aromatic N) is 3. The lowest BCUT2D eigenvalue weighted by Gasteiger charge is -2.04. The Labute approximate surface area is 142 Å². The molecule has 0 atom stereocenters. The predicted octanol–water partition coefficient (Wildman–Crippen LogP) is 2.46. The minimum atomic E-state index is -0.304. The molecule has 0 bridgehead atoms. The van der Waals surface area contributed by atoms with Crippen molar-refractivity contribution in [3.8, 4) is 17.3 Å². The summed E-state index contributed by atoms with van der Waals surface area (Å²) < 4.78 is 5.13. The van der Waals surface area contributed by atoms with E-state index in [1.807, 2.05) is 6.07 Å². The summed E-state index contributed by atoms with van der Waals surface area (Å²) in [6.45, 7) is 0.321. The number of aromatic hydroxyl groups is 1. The summed E-state index contributed by atoms with van der Waals surface area (Å²) in [7, 11) is 0. The van der Waals surface area contributed by atoms with Gasteiger partial charge in [-0.1, -0.05) is 22.8 Å². The van der Waals surface area contributed by atoms with Crippen molar-refractivity contribution in [2.45, 2.75) is 6.42 Å². The average molecular weight is 345 g/mol. The summed E-state index contributed by atoms with van der Waals surface area (Å²) in [4.78, 5) is 20.4. The molecule has 122 valence electrons. The molecule has 0 unspecified atom stereocenters. The Morgan fingerprint density at radius 3 is 2.92 bits per heavy atom. The summed E-state index contributed by atoms with van der Waals surface area (Å²) in [6, 6.07) is 9.68. The van der Waals surface area contributed by atoms with Gasteiger partial charge in [-0.15, -0.1) is 0 Å². The summed E-state index contributed by atoms with van der Waals surface area (Å²) in [5.41, 5.74) is 0.979. The number of hydrogen-bond acceptors (Lipinski definition) is 6. The third kappa shape index (κ3) is 3.69. The van der Waals surface area contributed by atoms with Crippen molar-refractivity contribution in [1.29, 1.82) is 0 Å². The van der Waals surface area contributed by atoms with Crippen molar-refractivity contribution in [3.05, 3.63) is 59.1 Å². The first-order valence-corrected chi connectivity index (χ1v) is 7.52. The van der Waals surface area contributed by atoms with E-state index in [1.165, 1.54) is 18.2 Å². The zero-order chi connectivity index (χ0) is 16.9. The van der Waals surface area contributed by atoms with Crippen molar-refractivity contribution in [2.24, 2.45) is 0 Å². The second kappa shape index (κ2) is 7.10. The van der Waals surface area contributed by atoms with Gasteiger partial charge in [-0.2, -0.15) is 4.98 Å². The van der Waals surface area contributed by atoms with E-state index in [0.29, 0.717) is 35.9 Å². The third-order valence-corrected chi connectivity index (χ3v) is 3.50. The van der Waals surface area contributed by atoms with Gasteiger partial charge in [-0.05, 0) is 30.3 Å². The molecule has 3 aromatic rings. The first-order chi connectivity index (χ1) is 11.6. The topological polar surface area (TPSA) is 101 Å². The fourth-order valence-corrected chi connectivity index (χ4v) is 2.17. The maximum Gasteiger partial charge on any atom is 0.251 e. The molecule has 0 aliphatic heterocycles. The lowest BCUT2D eigenvalue weighted by atomic mass is 10.2. The van der Waals surface area contributed by atoms with Crippen LogP contribution in [0, 0.1) is 0 Å². The highest BCUT2D eigenvalue weighted by Crippen LogP contribution is 2.23. The Hall–Kier alpha value is -2.93. The molecule has 24 heavy (non-hydrogen) atoms. The van der Waals surface area contributed by atoms with Gasteiger partial charge in [0.15, 0.2) is 0 Å². The number of benzene rings is 1. The number of hydrogen-bond donors (Lipinski definition) is 2. The van der Waals surface area contributed by atoms with E-state index in [-0.39, 0.29) is 16.7 Å². The standard InChI is InChI=1S/C16H13ClN4O3/c17-11-9-10(4-5-13(11)22)16(23)19-8-6-14-20-15(21-24-14)12-3-1-2-7-18-12/h1-5,7,9,22H,6,8H2,(H,19,23). The van der Waals surface area contributed by atoms with E-state index >= 15 is 0 Å². The Kier molecular flexibility index (Phi) is 4.72. The number of halogens is 1. The fraction of sp³-hybridized carbons (Fsp3) is 0.125. The van der Waals surface area contributed by atoms with Crippen LogP contribution in [0.5, 0.6) is 5.75 Å². The molecule has 0 saturated heterocycles. The third-order valence-electron chi connectivity index (χ3n) is 3.20. The summed E-state index contributed by atoms with van der Waals surface area (Å²) in [6.07, 6.45) is 2.03. The molecule has 1 amide bonds. The Bertz CT molecular complexity index is 852.